The van der Waals surface area contributed by atoms with E-state index in [1.54, 1.807) is 6.92 Å². The summed E-state index contributed by atoms with van der Waals surface area (Å²) in [5.41, 5.74) is 23.3. The lowest BCUT2D eigenvalue weighted by atomic mass is 10.4. The number of hydrogen-bond donors (Lipinski definition) is 15. The number of nitrogens with two attached hydrogens (primary N) is 5. The Labute approximate surface area is 246 Å². The van der Waals surface area contributed by atoms with E-state index in [0.29, 0.717) is 6.42 Å². The highest BCUT2D eigenvalue weighted by Crippen LogP contribution is 1.82. The van der Waals surface area contributed by atoms with Gasteiger partial charge in [-0.25, -0.2) is 0 Å². The van der Waals surface area contributed by atoms with E-state index in [1.165, 1.54) is 34.6 Å². The molecule has 5 atom stereocenters. The fourth-order valence-corrected chi connectivity index (χ4v) is 0.343. The quantitative estimate of drug-likeness (QED) is 0.109. The van der Waals surface area contributed by atoms with Crippen molar-refractivity contribution in [2.75, 3.05) is 0 Å². The van der Waals surface area contributed by atoms with E-state index in [-0.39, 0.29) is 6.42 Å². The fourth-order valence-electron chi connectivity index (χ4n) is 0.343. The molecule has 20 heteroatoms. The van der Waals surface area contributed by atoms with Crippen molar-refractivity contribution in [1.82, 2.24) is 0 Å². The summed E-state index contributed by atoms with van der Waals surface area (Å²) in [7, 11) is 0. The van der Waals surface area contributed by atoms with Gasteiger partial charge >= 0.3 is 23.9 Å². The molecule has 0 spiro atoms. The lowest BCUT2D eigenvalue weighted by Gasteiger charge is -1.82. The minimum Gasteiger partial charge on any atom is -0.481 e. The minimum absolute atomic E-state index is 0.222. The highest BCUT2D eigenvalue weighted by molar-refractivity contribution is 5.88. The van der Waals surface area contributed by atoms with E-state index < -0.39 is 67.4 Å². The molecule has 0 saturated carbocycles. The number of hydrogen-bond acceptors (Lipinski definition) is 15. The molecule has 0 bridgehead atoms. The van der Waals surface area contributed by atoms with Gasteiger partial charge in [0, 0.05) is 19.8 Å². The van der Waals surface area contributed by atoms with Crippen molar-refractivity contribution in [2.24, 2.45) is 28.7 Å². The molecule has 0 aromatic heterocycles. The maximum Gasteiger partial charge on any atom is 0.314 e. The summed E-state index contributed by atoms with van der Waals surface area (Å²) in [5.74, 6) is -4.91. The zero-order valence-corrected chi connectivity index (χ0v) is 25.6. The summed E-state index contributed by atoms with van der Waals surface area (Å²) in [6.07, 6.45) is -2.89. The number of rotatable bonds is 5. The average molecular weight is 632 g/mol. The van der Waals surface area contributed by atoms with Crippen LogP contribution in [-0.4, -0.2) is 112 Å². The molecule has 0 aliphatic heterocycles. The van der Waals surface area contributed by atoms with Crippen LogP contribution in [-0.2, 0) is 24.0 Å². The first-order valence-electron chi connectivity index (χ1n) is 11.8. The van der Waals surface area contributed by atoms with Gasteiger partial charge in [-0.1, -0.05) is 13.8 Å². The molecule has 260 valence electrons. The Balaban J connectivity index is -0.0000000421. The maximum atomic E-state index is 9.60. The smallest absolute Gasteiger partial charge is 0.314 e. The van der Waals surface area contributed by atoms with E-state index in [1.807, 2.05) is 6.92 Å². The van der Waals surface area contributed by atoms with Crippen molar-refractivity contribution in [1.29, 1.82) is 0 Å². The van der Waals surface area contributed by atoms with Crippen LogP contribution in [0.3, 0.4) is 0 Å². The SMILES string of the molecule is CC(=O)O.CC(N)O.CC(N)O.CC(N)O.CC(N)O.CC(N)O.CCC(=O)O.CCCC(=O)O.O=C(O)CC(=O)O. The zero-order chi connectivity index (χ0) is 36.6. The Hall–Kier alpha value is -3.05. The molecule has 5 unspecified atom stereocenters. The first kappa shape index (κ1) is 62.5. The van der Waals surface area contributed by atoms with Crippen molar-refractivity contribution in [3.8, 4) is 0 Å². The van der Waals surface area contributed by atoms with Gasteiger partial charge in [-0.3, -0.25) is 24.0 Å². The van der Waals surface area contributed by atoms with Crippen molar-refractivity contribution in [3.05, 3.63) is 0 Å². The molecule has 0 rings (SSSR count). The van der Waals surface area contributed by atoms with Crippen LogP contribution in [0.1, 0.15) is 81.1 Å². The number of carboxylic acids is 5. The molecule has 20 N–H and O–H groups in total. The Morgan fingerprint density at radius 1 is 0.500 bits per heavy atom. The van der Waals surface area contributed by atoms with Crippen LogP contribution < -0.4 is 28.7 Å². The lowest BCUT2D eigenvalue weighted by Crippen LogP contribution is -2.11. The molecule has 0 amide bonds. The highest BCUT2D eigenvalue weighted by atomic mass is 16.4. The van der Waals surface area contributed by atoms with Gasteiger partial charge in [-0.15, -0.1) is 0 Å². The van der Waals surface area contributed by atoms with Crippen LogP contribution in [0.15, 0.2) is 0 Å². The van der Waals surface area contributed by atoms with E-state index in [2.05, 4.69) is 28.7 Å². The van der Waals surface area contributed by atoms with E-state index in [4.69, 9.17) is 55.9 Å². The maximum absolute atomic E-state index is 9.60. The average Bonchev–Trinajstić information content (AvgIpc) is 2.65. The highest BCUT2D eigenvalue weighted by Gasteiger charge is 2.01. The number of carbonyl (C=O) groups is 5. The third kappa shape index (κ3) is 1350. The number of aliphatic hydroxyl groups excluding tert-OH is 5. The Kier molecular flexibility index (Phi) is 80.5. The Morgan fingerprint density at radius 3 is 0.643 bits per heavy atom. The lowest BCUT2D eigenvalue weighted by molar-refractivity contribution is -0.147. The summed E-state index contributed by atoms with van der Waals surface area (Å²) < 4.78 is 0. The molecular weight excluding hydrogens is 574 g/mol. The van der Waals surface area contributed by atoms with Gasteiger partial charge in [-0.2, -0.15) is 0 Å². The molecule has 20 nitrogen and oxygen atoms in total. The summed E-state index contributed by atoms with van der Waals surface area (Å²) in [6, 6.07) is 0. The van der Waals surface area contributed by atoms with Gasteiger partial charge in [-0.05, 0) is 41.0 Å². The molecule has 0 aliphatic carbocycles. The van der Waals surface area contributed by atoms with Gasteiger partial charge < -0.3 is 79.7 Å². The van der Waals surface area contributed by atoms with Crippen LogP contribution in [0.5, 0.6) is 0 Å². The van der Waals surface area contributed by atoms with Crippen LogP contribution in [0.25, 0.3) is 0 Å². The molecule has 0 heterocycles. The summed E-state index contributed by atoms with van der Waals surface area (Å²) >= 11 is 0. The minimum atomic E-state index is -1.31. The molecule has 0 saturated heterocycles. The fraction of sp³-hybridized carbons (Fsp3) is 0.773. The van der Waals surface area contributed by atoms with E-state index >= 15 is 0 Å². The predicted molar refractivity (Wildman–Crippen MR) is 153 cm³/mol. The second kappa shape index (κ2) is 54.1. The second-order valence-corrected chi connectivity index (χ2v) is 7.08. The van der Waals surface area contributed by atoms with Crippen molar-refractivity contribution >= 4 is 29.8 Å². The molecule has 0 radical (unpaired) electrons. The normalized spacial score (nSPS) is 11.5. The van der Waals surface area contributed by atoms with Gasteiger partial charge in [0.25, 0.3) is 5.97 Å². The summed E-state index contributed by atoms with van der Waals surface area (Å²) in [4.78, 5) is 46.8. The number of aliphatic carboxylic acids is 5. The largest absolute Gasteiger partial charge is 0.481 e. The third-order valence-electron chi connectivity index (χ3n) is 1.07. The van der Waals surface area contributed by atoms with Gasteiger partial charge in [0.1, 0.15) is 6.42 Å². The molecule has 0 fully saturated rings. The topological polar surface area (TPSA) is 418 Å². The summed E-state index contributed by atoms with van der Waals surface area (Å²) in [5, 5.41) is 77.6. The standard InChI is InChI=1S/C4H8O2.C3H4O4.C3H6O2.5C2H7NO.C2H4O2/c1-2-3-4(5)6;4-2(5)1-3(6)7;1-2-3(4)5;6*1-2(3)4/h2-3H2,1H3,(H,5,6);1H2,(H,4,5)(H,6,7);2H2,1H3,(H,4,5);5*2,4H,3H2,1H3;1H3,(H,3,4). The zero-order valence-electron chi connectivity index (χ0n) is 25.6. The monoisotopic (exact) mass is 631 g/mol. The van der Waals surface area contributed by atoms with E-state index in [0.717, 1.165) is 13.3 Å². The summed E-state index contributed by atoms with van der Waals surface area (Å²) in [6.45, 7) is 12.0. The van der Waals surface area contributed by atoms with Crippen LogP contribution in [0.2, 0.25) is 0 Å². The Bertz CT molecular complexity index is 514. The molecular formula is C22H57N5O15. The molecule has 0 aromatic carbocycles. The van der Waals surface area contributed by atoms with Crippen LogP contribution in [0, 0.1) is 0 Å². The van der Waals surface area contributed by atoms with Crippen molar-refractivity contribution in [2.45, 2.75) is 112 Å². The third-order valence-corrected chi connectivity index (χ3v) is 1.07. The van der Waals surface area contributed by atoms with Crippen molar-refractivity contribution < 1.29 is 75.0 Å². The first-order chi connectivity index (χ1) is 18.6. The second-order valence-electron chi connectivity index (χ2n) is 7.08. The number of aliphatic hydroxyl groups is 5. The molecule has 0 aliphatic rings. The number of carboxylic acid groups (broad SMARTS) is 5. The van der Waals surface area contributed by atoms with Gasteiger partial charge in [0.2, 0.25) is 0 Å². The van der Waals surface area contributed by atoms with Crippen molar-refractivity contribution in [3.63, 3.8) is 0 Å². The van der Waals surface area contributed by atoms with Crippen LogP contribution in [0.4, 0.5) is 0 Å². The predicted octanol–water partition coefficient (Wildman–Crippen LogP) is -2.59. The van der Waals surface area contributed by atoms with Crippen LogP contribution >= 0.6 is 0 Å². The Morgan fingerprint density at radius 2 is 0.643 bits per heavy atom. The van der Waals surface area contributed by atoms with E-state index in [9.17, 15) is 19.2 Å². The molecule has 42 heavy (non-hydrogen) atoms. The van der Waals surface area contributed by atoms with Gasteiger partial charge in [0.05, 0.1) is 31.1 Å². The van der Waals surface area contributed by atoms with Gasteiger partial charge in [0.15, 0.2) is 0 Å². The first-order valence-corrected chi connectivity index (χ1v) is 11.8. The molecule has 0 aromatic rings.